The Kier molecular flexibility index (Phi) is 3.06. The molecule has 0 fully saturated rings. The zero-order valence-corrected chi connectivity index (χ0v) is 11.8. The Bertz CT molecular complexity index is 744. The Hall–Kier alpha value is -2.49. The van der Waals surface area contributed by atoms with Gasteiger partial charge in [-0.25, -0.2) is 4.98 Å². The number of methoxy groups -OCH3 is 1. The zero-order chi connectivity index (χ0) is 14.1. The lowest BCUT2D eigenvalue weighted by Gasteiger charge is -2.04. The number of aryl methyl sites for hydroxylation is 1. The molecule has 0 amide bonds. The second-order valence-corrected chi connectivity index (χ2v) is 4.68. The van der Waals surface area contributed by atoms with Crippen LogP contribution in [-0.2, 0) is 7.05 Å². The summed E-state index contributed by atoms with van der Waals surface area (Å²) in [5.74, 6) is 1.78. The molecule has 2 aromatic carbocycles. The molecular weight excluding hydrogens is 250 g/mol. The van der Waals surface area contributed by atoms with E-state index in [1.54, 1.807) is 7.11 Å². The van der Waals surface area contributed by atoms with Crippen LogP contribution in [0.15, 0.2) is 42.5 Å². The highest BCUT2D eigenvalue weighted by Crippen LogP contribution is 2.27. The van der Waals surface area contributed by atoms with Gasteiger partial charge in [-0.1, -0.05) is 0 Å². The van der Waals surface area contributed by atoms with Crippen LogP contribution in [0.2, 0.25) is 0 Å². The number of imidazole rings is 1. The summed E-state index contributed by atoms with van der Waals surface area (Å²) in [6.07, 6.45) is 0. The molecule has 1 aromatic heterocycles. The van der Waals surface area contributed by atoms with Gasteiger partial charge in [0.05, 0.1) is 18.1 Å². The highest BCUT2D eigenvalue weighted by molar-refractivity contribution is 5.82. The Morgan fingerprint density at radius 3 is 2.50 bits per heavy atom. The number of rotatable bonds is 3. The number of anilines is 1. The maximum atomic E-state index is 5.25. The van der Waals surface area contributed by atoms with Crippen molar-refractivity contribution in [3.8, 4) is 17.1 Å². The summed E-state index contributed by atoms with van der Waals surface area (Å²) < 4.78 is 7.35. The first-order valence-corrected chi connectivity index (χ1v) is 6.51. The predicted octanol–water partition coefficient (Wildman–Crippen LogP) is 3.29. The molecule has 102 valence electrons. The minimum Gasteiger partial charge on any atom is -0.497 e. The molecule has 4 nitrogen and oxygen atoms in total. The number of hydrogen-bond acceptors (Lipinski definition) is 3. The van der Waals surface area contributed by atoms with Crippen LogP contribution >= 0.6 is 0 Å². The highest BCUT2D eigenvalue weighted by atomic mass is 16.5. The lowest BCUT2D eigenvalue weighted by atomic mass is 10.2. The Morgan fingerprint density at radius 1 is 1.10 bits per heavy atom. The molecule has 4 heteroatoms. The van der Waals surface area contributed by atoms with Gasteiger partial charge in [0.25, 0.3) is 0 Å². The van der Waals surface area contributed by atoms with Gasteiger partial charge in [0.15, 0.2) is 0 Å². The van der Waals surface area contributed by atoms with Crippen molar-refractivity contribution in [3.05, 3.63) is 42.5 Å². The monoisotopic (exact) mass is 267 g/mol. The van der Waals surface area contributed by atoms with Gasteiger partial charge in [0.1, 0.15) is 11.6 Å². The summed E-state index contributed by atoms with van der Waals surface area (Å²) >= 11 is 0. The molecule has 1 N–H and O–H groups in total. The van der Waals surface area contributed by atoms with Crippen molar-refractivity contribution in [3.63, 3.8) is 0 Å². The van der Waals surface area contributed by atoms with Crippen molar-refractivity contribution < 1.29 is 4.74 Å². The lowest BCUT2D eigenvalue weighted by molar-refractivity contribution is 0.415. The fraction of sp³-hybridized carbons (Fsp3) is 0.188. The molecule has 0 bridgehead atoms. The van der Waals surface area contributed by atoms with E-state index in [4.69, 9.17) is 9.72 Å². The third-order valence-corrected chi connectivity index (χ3v) is 3.52. The number of ether oxygens (including phenoxy) is 1. The number of nitrogens with one attached hydrogen (secondary N) is 1. The van der Waals surface area contributed by atoms with Gasteiger partial charge in [-0.2, -0.15) is 0 Å². The number of nitrogens with zero attached hydrogens (tertiary/aromatic N) is 2. The van der Waals surface area contributed by atoms with Crippen LogP contribution in [0.25, 0.3) is 22.4 Å². The molecule has 0 saturated heterocycles. The molecule has 3 aromatic rings. The quantitative estimate of drug-likeness (QED) is 0.791. The highest BCUT2D eigenvalue weighted by Gasteiger charge is 2.10. The van der Waals surface area contributed by atoms with Crippen LogP contribution in [0.1, 0.15) is 0 Å². The van der Waals surface area contributed by atoms with Crippen molar-refractivity contribution >= 4 is 16.7 Å². The predicted molar refractivity (Wildman–Crippen MR) is 82.2 cm³/mol. The van der Waals surface area contributed by atoms with Crippen molar-refractivity contribution in [2.24, 2.45) is 7.05 Å². The standard InChI is InChI=1S/C16H17N3O/c1-17-12-6-4-11(5-7-12)16-18-14-10-13(20-3)8-9-15(14)19(16)2/h4-10,17H,1-3H3. The molecule has 0 aliphatic heterocycles. The minimum atomic E-state index is 0.827. The Balaban J connectivity index is 2.12. The number of aromatic nitrogens is 2. The smallest absolute Gasteiger partial charge is 0.140 e. The van der Waals surface area contributed by atoms with Crippen molar-refractivity contribution in [1.82, 2.24) is 9.55 Å². The van der Waals surface area contributed by atoms with Crippen molar-refractivity contribution in [2.75, 3.05) is 19.5 Å². The minimum absolute atomic E-state index is 0.827. The van der Waals surface area contributed by atoms with E-state index in [0.29, 0.717) is 0 Å². The van der Waals surface area contributed by atoms with Gasteiger partial charge >= 0.3 is 0 Å². The van der Waals surface area contributed by atoms with Gasteiger partial charge in [-0.15, -0.1) is 0 Å². The van der Waals surface area contributed by atoms with Crippen LogP contribution in [-0.4, -0.2) is 23.7 Å². The average Bonchev–Trinajstić information content (AvgIpc) is 2.84. The first kappa shape index (κ1) is 12.5. The average molecular weight is 267 g/mol. The van der Waals surface area contributed by atoms with E-state index < -0.39 is 0 Å². The summed E-state index contributed by atoms with van der Waals surface area (Å²) in [4.78, 5) is 4.71. The first-order valence-electron chi connectivity index (χ1n) is 6.51. The number of fused-ring (bicyclic) bond motifs is 1. The van der Waals surface area contributed by atoms with E-state index in [-0.39, 0.29) is 0 Å². The van der Waals surface area contributed by atoms with Crippen LogP contribution < -0.4 is 10.1 Å². The molecule has 0 radical (unpaired) electrons. The zero-order valence-electron chi connectivity index (χ0n) is 11.8. The maximum Gasteiger partial charge on any atom is 0.140 e. The third-order valence-electron chi connectivity index (χ3n) is 3.52. The second kappa shape index (κ2) is 4.89. The van der Waals surface area contributed by atoms with Crippen molar-refractivity contribution in [2.45, 2.75) is 0 Å². The van der Waals surface area contributed by atoms with E-state index >= 15 is 0 Å². The lowest BCUT2D eigenvalue weighted by Crippen LogP contribution is -1.93. The van der Waals surface area contributed by atoms with E-state index in [0.717, 1.165) is 33.9 Å². The van der Waals surface area contributed by atoms with Gasteiger partial charge in [-0.05, 0) is 36.4 Å². The third kappa shape index (κ3) is 1.99. The maximum absolute atomic E-state index is 5.25. The molecule has 0 unspecified atom stereocenters. The van der Waals surface area contributed by atoms with Crippen molar-refractivity contribution in [1.29, 1.82) is 0 Å². The van der Waals surface area contributed by atoms with Gasteiger partial charge in [0.2, 0.25) is 0 Å². The topological polar surface area (TPSA) is 39.1 Å². The molecule has 20 heavy (non-hydrogen) atoms. The van der Waals surface area contributed by atoms with Crippen LogP contribution in [0.3, 0.4) is 0 Å². The number of benzene rings is 2. The fourth-order valence-electron chi connectivity index (χ4n) is 2.35. The molecule has 0 spiro atoms. The molecule has 3 rings (SSSR count). The second-order valence-electron chi connectivity index (χ2n) is 4.68. The molecule has 0 saturated carbocycles. The molecule has 0 atom stereocenters. The normalized spacial score (nSPS) is 10.8. The Labute approximate surface area is 118 Å². The Morgan fingerprint density at radius 2 is 1.85 bits per heavy atom. The SMILES string of the molecule is CNc1ccc(-c2nc3cc(OC)ccc3n2C)cc1. The van der Waals surface area contributed by atoms with E-state index in [9.17, 15) is 0 Å². The van der Waals surface area contributed by atoms with E-state index in [1.165, 1.54) is 0 Å². The largest absolute Gasteiger partial charge is 0.497 e. The van der Waals surface area contributed by atoms with Crippen LogP contribution in [0.5, 0.6) is 5.75 Å². The molecular formula is C16H17N3O. The first-order chi connectivity index (χ1) is 9.72. The molecule has 1 heterocycles. The molecule has 0 aliphatic carbocycles. The van der Waals surface area contributed by atoms with Gasteiger partial charge in [0, 0.05) is 31.4 Å². The fourth-order valence-corrected chi connectivity index (χ4v) is 2.35. The van der Waals surface area contributed by atoms with E-state index in [2.05, 4.69) is 34.1 Å². The molecule has 0 aliphatic rings. The number of hydrogen-bond donors (Lipinski definition) is 1. The summed E-state index contributed by atoms with van der Waals surface area (Å²) in [6, 6.07) is 14.2. The summed E-state index contributed by atoms with van der Waals surface area (Å²) in [5, 5.41) is 3.12. The summed E-state index contributed by atoms with van der Waals surface area (Å²) in [7, 11) is 5.61. The van der Waals surface area contributed by atoms with E-state index in [1.807, 2.05) is 32.3 Å². The van der Waals surface area contributed by atoms with Crippen LogP contribution in [0.4, 0.5) is 5.69 Å². The van der Waals surface area contributed by atoms with Gasteiger partial charge in [-0.3, -0.25) is 0 Å². The van der Waals surface area contributed by atoms with Crippen LogP contribution in [0, 0.1) is 0 Å². The summed E-state index contributed by atoms with van der Waals surface area (Å²) in [5.41, 5.74) is 4.23. The van der Waals surface area contributed by atoms with Gasteiger partial charge < -0.3 is 14.6 Å². The summed E-state index contributed by atoms with van der Waals surface area (Å²) in [6.45, 7) is 0.